The van der Waals surface area contributed by atoms with E-state index in [1.54, 1.807) is 43.7 Å². The first-order valence-electron chi connectivity index (χ1n) is 8.36. The smallest absolute Gasteiger partial charge is 0.340 e. The molecule has 0 saturated heterocycles. The van der Waals surface area contributed by atoms with Crippen LogP contribution in [0.15, 0.2) is 36.5 Å². The van der Waals surface area contributed by atoms with Gasteiger partial charge in [-0.05, 0) is 43.5 Å². The normalized spacial score (nSPS) is 10.8. The first-order valence-corrected chi connectivity index (χ1v) is 8.36. The van der Waals surface area contributed by atoms with E-state index in [2.05, 4.69) is 11.6 Å². The molecule has 6 heteroatoms. The molecule has 0 spiro atoms. The minimum absolute atomic E-state index is 0.174. The van der Waals surface area contributed by atoms with E-state index >= 15 is 0 Å². The molecule has 0 aliphatic carbocycles. The van der Waals surface area contributed by atoms with Crippen LogP contribution in [-0.2, 0) is 6.42 Å². The van der Waals surface area contributed by atoms with Gasteiger partial charge < -0.3 is 19.7 Å². The number of pyridine rings is 1. The van der Waals surface area contributed by atoms with Gasteiger partial charge in [-0.3, -0.25) is 4.98 Å². The van der Waals surface area contributed by atoms with Crippen molar-refractivity contribution in [3.05, 3.63) is 58.9 Å². The van der Waals surface area contributed by atoms with Crippen LogP contribution in [0.1, 0.15) is 40.5 Å². The van der Waals surface area contributed by atoms with Gasteiger partial charge >= 0.3 is 5.97 Å². The standard InChI is InChI=1S/C21H23NO5/c1-13(2)5-8-17-18(27-4)11-14(19(20(17)23)21(24)25)6-7-15-12-16(26-3)9-10-22-15/h6-7,9-12,23H,1,5,8H2,2-4H3,(H,24,25). The fourth-order valence-corrected chi connectivity index (χ4v) is 2.64. The van der Waals surface area contributed by atoms with E-state index in [9.17, 15) is 15.0 Å². The van der Waals surface area contributed by atoms with E-state index in [1.165, 1.54) is 7.11 Å². The molecule has 27 heavy (non-hydrogen) atoms. The summed E-state index contributed by atoms with van der Waals surface area (Å²) in [6, 6.07) is 5.04. The van der Waals surface area contributed by atoms with E-state index in [0.717, 1.165) is 5.57 Å². The third kappa shape index (κ3) is 4.88. The molecule has 1 heterocycles. The van der Waals surface area contributed by atoms with Crippen LogP contribution in [0.4, 0.5) is 0 Å². The lowest BCUT2D eigenvalue weighted by molar-refractivity contribution is 0.0693. The fraction of sp³-hybridized carbons (Fsp3) is 0.238. The summed E-state index contributed by atoms with van der Waals surface area (Å²) in [5.41, 5.74) is 2.12. The van der Waals surface area contributed by atoms with E-state index in [0.29, 0.717) is 41.2 Å². The van der Waals surface area contributed by atoms with E-state index in [1.807, 2.05) is 6.92 Å². The van der Waals surface area contributed by atoms with Gasteiger partial charge in [-0.25, -0.2) is 4.79 Å². The van der Waals surface area contributed by atoms with Crippen molar-refractivity contribution in [3.8, 4) is 17.2 Å². The van der Waals surface area contributed by atoms with Crippen LogP contribution >= 0.6 is 0 Å². The van der Waals surface area contributed by atoms with Crippen LogP contribution in [-0.4, -0.2) is 35.4 Å². The highest BCUT2D eigenvalue weighted by Crippen LogP contribution is 2.36. The molecule has 2 N–H and O–H groups in total. The summed E-state index contributed by atoms with van der Waals surface area (Å²) in [5.74, 6) is -0.443. The Morgan fingerprint density at radius 3 is 2.59 bits per heavy atom. The van der Waals surface area contributed by atoms with E-state index in [-0.39, 0.29) is 11.3 Å². The number of benzene rings is 1. The van der Waals surface area contributed by atoms with Gasteiger partial charge in [0.05, 0.1) is 19.9 Å². The zero-order valence-electron chi connectivity index (χ0n) is 15.7. The number of rotatable bonds is 8. The summed E-state index contributed by atoms with van der Waals surface area (Å²) in [6.07, 6.45) is 5.88. The van der Waals surface area contributed by atoms with Gasteiger partial charge in [0, 0.05) is 17.8 Å². The number of ether oxygens (including phenoxy) is 2. The number of methoxy groups -OCH3 is 2. The third-order valence-corrected chi connectivity index (χ3v) is 4.05. The van der Waals surface area contributed by atoms with Crippen LogP contribution in [0.5, 0.6) is 17.2 Å². The number of allylic oxidation sites excluding steroid dienone is 1. The van der Waals surface area contributed by atoms with Crippen molar-refractivity contribution in [3.63, 3.8) is 0 Å². The van der Waals surface area contributed by atoms with Gasteiger partial charge in [-0.2, -0.15) is 0 Å². The number of aromatic hydroxyl groups is 1. The Morgan fingerprint density at radius 2 is 2.00 bits per heavy atom. The molecular weight excluding hydrogens is 346 g/mol. The van der Waals surface area contributed by atoms with Crippen LogP contribution in [0.25, 0.3) is 12.2 Å². The van der Waals surface area contributed by atoms with Crippen molar-refractivity contribution in [1.82, 2.24) is 4.98 Å². The van der Waals surface area contributed by atoms with Crippen molar-refractivity contribution in [2.75, 3.05) is 14.2 Å². The summed E-state index contributed by atoms with van der Waals surface area (Å²) in [5, 5.41) is 20.2. The summed E-state index contributed by atoms with van der Waals surface area (Å²) in [7, 11) is 3.04. The number of phenols is 1. The second-order valence-corrected chi connectivity index (χ2v) is 6.09. The highest BCUT2D eigenvalue weighted by Gasteiger charge is 2.21. The van der Waals surface area contributed by atoms with Crippen molar-refractivity contribution < 1.29 is 24.5 Å². The Hall–Kier alpha value is -3.28. The molecule has 0 amide bonds. The Balaban J connectivity index is 2.51. The van der Waals surface area contributed by atoms with Crippen LogP contribution in [0.3, 0.4) is 0 Å². The predicted molar refractivity (Wildman–Crippen MR) is 104 cm³/mol. The van der Waals surface area contributed by atoms with Crippen molar-refractivity contribution >= 4 is 18.1 Å². The number of hydrogen-bond donors (Lipinski definition) is 2. The molecule has 0 aliphatic heterocycles. The summed E-state index contributed by atoms with van der Waals surface area (Å²) in [4.78, 5) is 15.9. The Bertz CT molecular complexity index is 886. The molecule has 0 saturated carbocycles. The molecule has 142 valence electrons. The largest absolute Gasteiger partial charge is 0.507 e. The van der Waals surface area contributed by atoms with Gasteiger partial charge in [0.2, 0.25) is 0 Å². The highest BCUT2D eigenvalue weighted by molar-refractivity contribution is 5.97. The number of aromatic nitrogens is 1. The lowest BCUT2D eigenvalue weighted by Gasteiger charge is -2.15. The Kier molecular flexibility index (Phi) is 6.60. The van der Waals surface area contributed by atoms with E-state index in [4.69, 9.17) is 9.47 Å². The average molecular weight is 369 g/mol. The lowest BCUT2D eigenvalue weighted by Crippen LogP contribution is -2.05. The molecule has 6 nitrogen and oxygen atoms in total. The maximum absolute atomic E-state index is 11.8. The first-order chi connectivity index (χ1) is 12.9. The van der Waals surface area contributed by atoms with Gasteiger partial charge in [0.15, 0.2) is 0 Å². The highest BCUT2D eigenvalue weighted by atomic mass is 16.5. The molecule has 2 rings (SSSR count). The zero-order chi connectivity index (χ0) is 20.0. The third-order valence-electron chi connectivity index (χ3n) is 4.05. The molecule has 2 aromatic rings. The Labute approximate surface area is 158 Å². The second-order valence-electron chi connectivity index (χ2n) is 6.09. The molecule has 0 unspecified atom stereocenters. The van der Waals surface area contributed by atoms with Gasteiger partial charge in [-0.15, -0.1) is 6.58 Å². The molecule has 1 aromatic carbocycles. The number of nitrogens with zero attached hydrogens (tertiary/aromatic N) is 1. The molecular formula is C21H23NO5. The van der Waals surface area contributed by atoms with Crippen molar-refractivity contribution in [1.29, 1.82) is 0 Å². The summed E-state index contributed by atoms with van der Waals surface area (Å²) < 4.78 is 10.5. The molecule has 0 radical (unpaired) electrons. The molecule has 0 bridgehead atoms. The number of carbonyl (C=O) groups is 1. The van der Waals surface area contributed by atoms with Crippen molar-refractivity contribution in [2.45, 2.75) is 19.8 Å². The minimum atomic E-state index is -1.22. The van der Waals surface area contributed by atoms with Gasteiger partial charge in [0.1, 0.15) is 22.8 Å². The maximum Gasteiger partial charge on any atom is 0.340 e. The second kappa shape index (κ2) is 8.89. The number of aromatic carboxylic acids is 1. The van der Waals surface area contributed by atoms with Gasteiger partial charge in [-0.1, -0.05) is 11.6 Å². The number of hydrogen-bond acceptors (Lipinski definition) is 5. The fourth-order valence-electron chi connectivity index (χ4n) is 2.64. The number of carboxylic acid groups (broad SMARTS) is 1. The maximum atomic E-state index is 11.8. The monoisotopic (exact) mass is 369 g/mol. The lowest BCUT2D eigenvalue weighted by atomic mass is 9.96. The molecule has 0 aliphatic rings. The SMILES string of the molecule is C=C(C)CCc1c(OC)cc(C=Cc2cc(OC)ccn2)c(C(=O)O)c1O. The topological polar surface area (TPSA) is 88.9 Å². The summed E-state index contributed by atoms with van der Waals surface area (Å²) >= 11 is 0. The Morgan fingerprint density at radius 1 is 1.26 bits per heavy atom. The summed E-state index contributed by atoms with van der Waals surface area (Å²) in [6.45, 7) is 5.72. The minimum Gasteiger partial charge on any atom is -0.507 e. The predicted octanol–water partition coefficient (Wildman–Crippen LogP) is 4.18. The van der Waals surface area contributed by atoms with Crippen LogP contribution < -0.4 is 9.47 Å². The number of carboxylic acids is 1. The van der Waals surface area contributed by atoms with Crippen LogP contribution in [0, 0.1) is 0 Å². The first kappa shape index (κ1) is 20.0. The van der Waals surface area contributed by atoms with E-state index < -0.39 is 5.97 Å². The van der Waals surface area contributed by atoms with Gasteiger partial charge in [0.25, 0.3) is 0 Å². The van der Waals surface area contributed by atoms with Crippen molar-refractivity contribution in [2.24, 2.45) is 0 Å². The molecule has 1 aromatic heterocycles. The molecule has 0 fully saturated rings. The molecule has 0 atom stereocenters. The zero-order valence-corrected chi connectivity index (χ0v) is 15.7. The quantitative estimate of drug-likeness (QED) is 0.679. The van der Waals surface area contributed by atoms with Crippen LogP contribution in [0.2, 0.25) is 0 Å². The average Bonchev–Trinajstić information content (AvgIpc) is 2.64.